The lowest BCUT2D eigenvalue weighted by Gasteiger charge is -2.38. The van der Waals surface area contributed by atoms with Crippen molar-refractivity contribution in [3.63, 3.8) is 0 Å². The van der Waals surface area contributed by atoms with Crippen molar-refractivity contribution in [3.05, 3.63) is 28.8 Å². The van der Waals surface area contributed by atoms with Gasteiger partial charge in [-0.3, -0.25) is 4.90 Å². The third kappa shape index (κ3) is 4.26. The van der Waals surface area contributed by atoms with Crippen LogP contribution in [-0.2, 0) is 6.54 Å². The molecular weight excluding hydrogens is 295 g/mol. The number of likely N-dealkylation sites (tertiary alicyclic amines) is 1. The first-order valence-electron chi connectivity index (χ1n) is 6.90. The third-order valence-corrected chi connectivity index (χ3v) is 4.27. The summed E-state index contributed by atoms with van der Waals surface area (Å²) >= 11 is 6.17. The van der Waals surface area contributed by atoms with Gasteiger partial charge in [-0.25, -0.2) is 0 Å². The molecule has 0 aromatic heterocycles. The number of nitrogens with zero attached hydrogens (tertiary/aromatic N) is 1. The van der Waals surface area contributed by atoms with Crippen LogP contribution in [0.5, 0.6) is 5.75 Å². The number of nitrogens with two attached hydrogens (primary N) is 1. The zero-order valence-electron chi connectivity index (χ0n) is 12.1. The average molecular weight is 319 g/mol. The molecule has 3 nitrogen and oxygen atoms in total. The van der Waals surface area contributed by atoms with E-state index in [-0.39, 0.29) is 12.4 Å². The van der Waals surface area contributed by atoms with E-state index in [9.17, 15) is 0 Å². The Morgan fingerprint density at radius 3 is 2.80 bits per heavy atom. The molecule has 0 spiro atoms. The number of halogens is 2. The van der Waals surface area contributed by atoms with Crippen LogP contribution in [-0.4, -0.2) is 31.1 Å². The van der Waals surface area contributed by atoms with E-state index in [1.165, 1.54) is 18.4 Å². The summed E-state index contributed by atoms with van der Waals surface area (Å²) in [4.78, 5) is 2.47. The highest BCUT2D eigenvalue weighted by atomic mass is 35.5. The van der Waals surface area contributed by atoms with Gasteiger partial charge in [-0.1, -0.05) is 24.6 Å². The molecule has 2 atom stereocenters. The highest BCUT2D eigenvalue weighted by molar-refractivity contribution is 6.32. The standard InChI is InChI=1S/C15H23ClN2O.ClH/c1-11-5-6-18(13(7-11)9-17)10-12-3-4-15(19-2)14(16)8-12;/h3-4,8,11,13H,5-7,9-10,17H2,1-2H3;1H. The minimum Gasteiger partial charge on any atom is -0.495 e. The maximum Gasteiger partial charge on any atom is 0.137 e. The van der Waals surface area contributed by atoms with E-state index in [0.717, 1.165) is 31.3 Å². The van der Waals surface area contributed by atoms with Crippen LogP contribution in [0.15, 0.2) is 18.2 Å². The molecule has 1 aliphatic heterocycles. The molecule has 0 bridgehead atoms. The van der Waals surface area contributed by atoms with Crippen molar-refractivity contribution in [3.8, 4) is 5.75 Å². The SMILES string of the molecule is COc1ccc(CN2CCC(C)CC2CN)cc1Cl.Cl. The van der Waals surface area contributed by atoms with Crippen LogP contribution in [0, 0.1) is 5.92 Å². The fourth-order valence-corrected chi connectivity index (χ4v) is 3.08. The molecule has 0 amide bonds. The Labute approximate surface area is 132 Å². The molecule has 5 heteroatoms. The van der Waals surface area contributed by atoms with Crippen molar-refractivity contribution in [1.29, 1.82) is 0 Å². The van der Waals surface area contributed by atoms with Gasteiger partial charge >= 0.3 is 0 Å². The number of hydrogen-bond donors (Lipinski definition) is 1. The Morgan fingerprint density at radius 2 is 2.20 bits per heavy atom. The molecule has 114 valence electrons. The Hall–Kier alpha value is -0.480. The van der Waals surface area contributed by atoms with Crippen molar-refractivity contribution >= 4 is 24.0 Å². The van der Waals surface area contributed by atoms with E-state index in [0.29, 0.717) is 11.1 Å². The van der Waals surface area contributed by atoms with Crippen LogP contribution in [0.4, 0.5) is 0 Å². The molecule has 1 heterocycles. The largest absolute Gasteiger partial charge is 0.495 e. The van der Waals surface area contributed by atoms with Gasteiger partial charge in [-0.05, 0) is 43.0 Å². The summed E-state index contributed by atoms with van der Waals surface area (Å²) < 4.78 is 5.18. The van der Waals surface area contributed by atoms with Gasteiger partial charge in [-0.2, -0.15) is 0 Å². The third-order valence-electron chi connectivity index (χ3n) is 3.97. The zero-order chi connectivity index (χ0) is 13.8. The molecule has 0 aliphatic carbocycles. The fourth-order valence-electron chi connectivity index (χ4n) is 2.80. The number of methoxy groups -OCH3 is 1. The molecule has 2 unspecified atom stereocenters. The topological polar surface area (TPSA) is 38.5 Å². The molecular formula is C15H24Cl2N2O. The Kier molecular flexibility index (Phi) is 7.10. The van der Waals surface area contributed by atoms with Crippen molar-refractivity contribution < 1.29 is 4.74 Å². The molecule has 1 aromatic carbocycles. The molecule has 1 saturated heterocycles. The minimum atomic E-state index is 0. The minimum absolute atomic E-state index is 0. The quantitative estimate of drug-likeness (QED) is 0.925. The summed E-state index contributed by atoms with van der Waals surface area (Å²) in [7, 11) is 1.64. The highest BCUT2D eigenvalue weighted by Gasteiger charge is 2.25. The summed E-state index contributed by atoms with van der Waals surface area (Å²) in [6, 6.07) is 6.49. The average Bonchev–Trinajstić information content (AvgIpc) is 2.41. The van der Waals surface area contributed by atoms with E-state index in [1.807, 2.05) is 12.1 Å². The molecule has 1 aromatic rings. The first-order valence-corrected chi connectivity index (χ1v) is 7.28. The molecule has 2 rings (SSSR count). The van der Waals surface area contributed by atoms with Gasteiger partial charge in [0.05, 0.1) is 12.1 Å². The van der Waals surface area contributed by atoms with Gasteiger partial charge < -0.3 is 10.5 Å². The van der Waals surface area contributed by atoms with Crippen LogP contribution in [0.3, 0.4) is 0 Å². The second kappa shape index (κ2) is 8.08. The smallest absolute Gasteiger partial charge is 0.137 e. The van der Waals surface area contributed by atoms with Gasteiger partial charge in [0.1, 0.15) is 5.75 Å². The van der Waals surface area contributed by atoms with Crippen LogP contribution < -0.4 is 10.5 Å². The predicted octanol–water partition coefficient (Wildman–Crippen LogP) is 3.33. The lowest BCUT2D eigenvalue weighted by molar-refractivity contribution is 0.115. The van der Waals surface area contributed by atoms with Crippen LogP contribution in [0.1, 0.15) is 25.3 Å². The Morgan fingerprint density at radius 1 is 1.45 bits per heavy atom. The lowest BCUT2D eigenvalue weighted by Crippen LogP contribution is -2.45. The highest BCUT2D eigenvalue weighted by Crippen LogP contribution is 2.28. The van der Waals surface area contributed by atoms with Crippen molar-refractivity contribution in [2.75, 3.05) is 20.2 Å². The number of hydrogen-bond acceptors (Lipinski definition) is 3. The van der Waals surface area contributed by atoms with Gasteiger partial charge in [0.2, 0.25) is 0 Å². The number of piperidine rings is 1. The molecule has 1 fully saturated rings. The van der Waals surface area contributed by atoms with Gasteiger partial charge in [0.15, 0.2) is 0 Å². The van der Waals surface area contributed by atoms with Crippen molar-refractivity contribution in [1.82, 2.24) is 4.90 Å². The number of benzene rings is 1. The molecule has 0 radical (unpaired) electrons. The summed E-state index contributed by atoms with van der Waals surface area (Å²) in [5, 5.41) is 0.676. The van der Waals surface area contributed by atoms with Gasteiger partial charge in [-0.15, -0.1) is 12.4 Å². The van der Waals surface area contributed by atoms with Crippen LogP contribution in [0.25, 0.3) is 0 Å². The maximum atomic E-state index is 6.17. The van der Waals surface area contributed by atoms with E-state index in [2.05, 4.69) is 17.9 Å². The van der Waals surface area contributed by atoms with E-state index < -0.39 is 0 Å². The van der Waals surface area contributed by atoms with Crippen molar-refractivity contribution in [2.45, 2.75) is 32.4 Å². The summed E-state index contributed by atoms with van der Waals surface area (Å²) in [6.07, 6.45) is 2.45. The molecule has 0 saturated carbocycles. The second-order valence-corrected chi connectivity index (χ2v) is 5.87. The molecule has 20 heavy (non-hydrogen) atoms. The Bertz CT molecular complexity index is 428. The fraction of sp³-hybridized carbons (Fsp3) is 0.600. The van der Waals surface area contributed by atoms with E-state index >= 15 is 0 Å². The monoisotopic (exact) mass is 318 g/mol. The van der Waals surface area contributed by atoms with E-state index in [1.54, 1.807) is 7.11 Å². The summed E-state index contributed by atoms with van der Waals surface area (Å²) in [5.74, 6) is 1.51. The van der Waals surface area contributed by atoms with Crippen LogP contribution >= 0.6 is 24.0 Å². The number of rotatable bonds is 4. The van der Waals surface area contributed by atoms with Crippen molar-refractivity contribution in [2.24, 2.45) is 11.7 Å². The second-order valence-electron chi connectivity index (χ2n) is 5.46. The van der Waals surface area contributed by atoms with Crippen LogP contribution in [0.2, 0.25) is 5.02 Å². The zero-order valence-corrected chi connectivity index (χ0v) is 13.7. The molecule has 2 N–H and O–H groups in total. The predicted molar refractivity (Wildman–Crippen MR) is 86.9 cm³/mol. The normalized spacial score (nSPS) is 23.2. The van der Waals surface area contributed by atoms with Gasteiger partial charge in [0, 0.05) is 19.1 Å². The van der Waals surface area contributed by atoms with Gasteiger partial charge in [0.25, 0.3) is 0 Å². The van der Waals surface area contributed by atoms with E-state index in [4.69, 9.17) is 22.1 Å². The summed E-state index contributed by atoms with van der Waals surface area (Å²) in [5.41, 5.74) is 7.12. The first-order chi connectivity index (χ1) is 9.13. The maximum absolute atomic E-state index is 6.17. The lowest BCUT2D eigenvalue weighted by atomic mass is 9.92. The summed E-state index contributed by atoms with van der Waals surface area (Å²) in [6.45, 7) is 5.07. The number of ether oxygens (including phenoxy) is 1. The first kappa shape index (κ1) is 17.6. The molecule has 1 aliphatic rings. The Balaban J connectivity index is 0.00000200.